The first-order chi connectivity index (χ1) is 8.25. The number of aromatic nitrogens is 2. The van der Waals surface area contributed by atoms with Gasteiger partial charge in [-0.25, -0.2) is 4.98 Å². The minimum Gasteiger partial charge on any atom is -0.352 e. The first-order valence-electron chi connectivity index (χ1n) is 5.27. The summed E-state index contributed by atoms with van der Waals surface area (Å²) in [4.78, 5) is 18.6. The summed E-state index contributed by atoms with van der Waals surface area (Å²) in [6.45, 7) is 0.573. The molecule has 0 spiro atoms. The highest BCUT2D eigenvalue weighted by Gasteiger charge is 2.04. The number of aromatic amines is 1. The normalized spacial score (nSPS) is 10.2. The van der Waals surface area contributed by atoms with Crippen LogP contribution in [-0.2, 0) is 6.42 Å². The number of hydrogen-bond donors (Lipinski definition) is 2. The van der Waals surface area contributed by atoms with Gasteiger partial charge in [0.05, 0.1) is 6.33 Å². The van der Waals surface area contributed by atoms with Crippen LogP contribution >= 0.6 is 11.6 Å². The molecule has 1 aromatic heterocycles. The Morgan fingerprint density at radius 2 is 2.12 bits per heavy atom. The monoisotopic (exact) mass is 249 g/mol. The van der Waals surface area contributed by atoms with Gasteiger partial charge in [0, 0.05) is 35.4 Å². The van der Waals surface area contributed by atoms with Crippen LogP contribution < -0.4 is 5.32 Å². The number of carbonyl (C=O) groups is 1. The third-order valence-corrected chi connectivity index (χ3v) is 2.59. The molecule has 2 rings (SSSR count). The third kappa shape index (κ3) is 3.32. The molecule has 0 aliphatic rings. The van der Waals surface area contributed by atoms with E-state index in [1.165, 1.54) is 0 Å². The van der Waals surface area contributed by atoms with Gasteiger partial charge in [0.1, 0.15) is 0 Å². The van der Waals surface area contributed by atoms with Crippen LogP contribution in [0.5, 0.6) is 0 Å². The van der Waals surface area contributed by atoms with Crippen LogP contribution in [0.2, 0.25) is 5.02 Å². The summed E-state index contributed by atoms with van der Waals surface area (Å²) >= 11 is 5.75. The van der Waals surface area contributed by atoms with Gasteiger partial charge >= 0.3 is 0 Å². The van der Waals surface area contributed by atoms with E-state index in [1.807, 2.05) is 0 Å². The third-order valence-electron chi connectivity index (χ3n) is 2.34. The lowest BCUT2D eigenvalue weighted by atomic mass is 10.2. The van der Waals surface area contributed by atoms with Gasteiger partial charge in [0.2, 0.25) is 0 Å². The van der Waals surface area contributed by atoms with E-state index in [2.05, 4.69) is 15.3 Å². The number of nitrogens with zero attached hydrogens (tertiary/aromatic N) is 1. The van der Waals surface area contributed by atoms with Crippen LogP contribution in [0.3, 0.4) is 0 Å². The van der Waals surface area contributed by atoms with Gasteiger partial charge in [-0.15, -0.1) is 0 Å². The summed E-state index contributed by atoms with van der Waals surface area (Å²) in [5, 5.41) is 3.45. The number of H-pyrrole nitrogens is 1. The smallest absolute Gasteiger partial charge is 0.251 e. The molecule has 2 N–H and O–H groups in total. The fourth-order valence-electron chi connectivity index (χ4n) is 1.44. The van der Waals surface area contributed by atoms with Gasteiger partial charge in [-0.2, -0.15) is 0 Å². The van der Waals surface area contributed by atoms with Crippen LogP contribution in [0.4, 0.5) is 0 Å². The Hall–Kier alpha value is -1.81. The first-order valence-corrected chi connectivity index (χ1v) is 5.64. The summed E-state index contributed by atoms with van der Waals surface area (Å²) in [6, 6.07) is 6.80. The molecule has 88 valence electrons. The number of hydrogen-bond acceptors (Lipinski definition) is 2. The number of halogens is 1. The number of rotatable bonds is 4. The summed E-state index contributed by atoms with van der Waals surface area (Å²) < 4.78 is 0. The molecule has 1 heterocycles. The summed E-state index contributed by atoms with van der Waals surface area (Å²) in [7, 11) is 0. The Kier molecular flexibility index (Phi) is 3.77. The van der Waals surface area contributed by atoms with Crippen molar-refractivity contribution in [3.63, 3.8) is 0 Å². The standard InChI is InChI=1S/C12H12ClN3O/c13-10-3-1-9(2-4-10)12(17)15-6-5-11-7-14-8-16-11/h1-4,7-8H,5-6H2,(H,14,16)(H,15,17). The van der Waals surface area contributed by atoms with E-state index in [-0.39, 0.29) is 5.91 Å². The lowest BCUT2D eigenvalue weighted by molar-refractivity contribution is 0.0954. The van der Waals surface area contributed by atoms with Crippen molar-refractivity contribution < 1.29 is 4.79 Å². The zero-order valence-corrected chi connectivity index (χ0v) is 9.87. The van der Waals surface area contributed by atoms with Crippen molar-refractivity contribution >= 4 is 17.5 Å². The minimum atomic E-state index is -0.0961. The molecule has 4 nitrogen and oxygen atoms in total. The molecule has 0 bridgehead atoms. The zero-order chi connectivity index (χ0) is 12.1. The maximum absolute atomic E-state index is 11.7. The summed E-state index contributed by atoms with van der Waals surface area (Å²) in [5.74, 6) is -0.0961. The number of benzene rings is 1. The maximum Gasteiger partial charge on any atom is 0.251 e. The van der Waals surface area contributed by atoms with Crippen molar-refractivity contribution in [1.29, 1.82) is 0 Å². The Labute approximate surface area is 104 Å². The highest BCUT2D eigenvalue weighted by molar-refractivity contribution is 6.30. The second-order valence-electron chi connectivity index (χ2n) is 3.59. The molecule has 1 amide bonds. The molecule has 0 radical (unpaired) electrons. The SMILES string of the molecule is O=C(NCCc1cnc[nH]1)c1ccc(Cl)cc1. The largest absolute Gasteiger partial charge is 0.352 e. The molecule has 0 fully saturated rings. The molecular weight excluding hydrogens is 238 g/mol. The van der Waals surface area contributed by atoms with E-state index in [9.17, 15) is 4.79 Å². The van der Waals surface area contributed by atoms with Crippen molar-refractivity contribution in [3.8, 4) is 0 Å². The molecule has 0 saturated heterocycles. The van der Waals surface area contributed by atoms with Crippen molar-refractivity contribution in [1.82, 2.24) is 15.3 Å². The molecule has 17 heavy (non-hydrogen) atoms. The Morgan fingerprint density at radius 1 is 1.35 bits per heavy atom. The summed E-state index contributed by atoms with van der Waals surface area (Å²) in [6.07, 6.45) is 4.10. The predicted octanol–water partition coefficient (Wildman–Crippen LogP) is 2.04. The molecule has 0 aliphatic carbocycles. The molecule has 2 aromatic rings. The van der Waals surface area contributed by atoms with Gasteiger partial charge in [-0.3, -0.25) is 4.79 Å². The molecule has 1 aromatic carbocycles. The average molecular weight is 250 g/mol. The zero-order valence-electron chi connectivity index (χ0n) is 9.11. The predicted molar refractivity (Wildman–Crippen MR) is 66.1 cm³/mol. The molecular formula is C12H12ClN3O. The van der Waals surface area contributed by atoms with E-state index in [1.54, 1.807) is 36.8 Å². The first kappa shape index (κ1) is 11.7. The summed E-state index contributed by atoms with van der Waals surface area (Å²) in [5.41, 5.74) is 1.61. The quantitative estimate of drug-likeness (QED) is 0.871. The lowest BCUT2D eigenvalue weighted by Crippen LogP contribution is -2.25. The number of imidazole rings is 1. The Bertz CT molecular complexity index is 479. The number of carbonyl (C=O) groups excluding carboxylic acids is 1. The average Bonchev–Trinajstić information content (AvgIpc) is 2.83. The van der Waals surface area contributed by atoms with E-state index in [4.69, 9.17) is 11.6 Å². The van der Waals surface area contributed by atoms with Gasteiger partial charge in [0.15, 0.2) is 0 Å². The van der Waals surface area contributed by atoms with Crippen LogP contribution in [0.25, 0.3) is 0 Å². The van der Waals surface area contributed by atoms with Gasteiger partial charge in [-0.1, -0.05) is 11.6 Å². The topological polar surface area (TPSA) is 57.8 Å². The molecule has 0 atom stereocenters. The molecule has 0 unspecified atom stereocenters. The molecule has 0 aliphatic heterocycles. The van der Waals surface area contributed by atoms with Crippen molar-refractivity contribution in [3.05, 3.63) is 53.1 Å². The van der Waals surface area contributed by atoms with Crippen LogP contribution in [0.15, 0.2) is 36.8 Å². The number of nitrogens with one attached hydrogen (secondary N) is 2. The van der Waals surface area contributed by atoms with Crippen LogP contribution in [0.1, 0.15) is 16.1 Å². The van der Waals surface area contributed by atoms with Crippen LogP contribution in [-0.4, -0.2) is 22.4 Å². The highest BCUT2D eigenvalue weighted by atomic mass is 35.5. The van der Waals surface area contributed by atoms with E-state index < -0.39 is 0 Å². The van der Waals surface area contributed by atoms with Gasteiger partial charge in [-0.05, 0) is 24.3 Å². The van der Waals surface area contributed by atoms with Crippen molar-refractivity contribution in [2.75, 3.05) is 6.54 Å². The number of amides is 1. The van der Waals surface area contributed by atoms with Crippen molar-refractivity contribution in [2.24, 2.45) is 0 Å². The van der Waals surface area contributed by atoms with E-state index in [0.29, 0.717) is 17.1 Å². The van der Waals surface area contributed by atoms with Gasteiger partial charge in [0.25, 0.3) is 5.91 Å². The van der Waals surface area contributed by atoms with Crippen molar-refractivity contribution in [2.45, 2.75) is 6.42 Å². The fraction of sp³-hybridized carbons (Fsp3) is 0.167. The highest BCUT2D eigenvalue weighted by Crippen LogP contribution is 2.09. The van der Waals surface area contributed by atoms with E-state index in [0.717, 1.165) is 12.1 Å². The maximum atomic E-state index is 11.7. The molecule has 5 heteroatoms. The molecule has 0 saturated carbocycles. The Balaban J connectivity index is 1.83. The van der Waals surface area contributed by atoms with E-state index >= 15 is 0 Å². The van der Waals surface area contributed by atoms with Gasteiger partial charge < -0.3 is 10.3 Å². The second kappa shape index (κ2) is 5.50. The second-order valence-corrected chi connectivity index (χ2v) is 4.03. The Morgan fingerprint density at radius 3 is 2.76 bits per heavy atom. The minimum absolute atomic E-state index is 0.0961. The van der Waals surface area contributed by atoms with Crippen LogP contribution in [0, 0.1) is 0 Å². The lowest BCUT2D eigenvalue weighted by Gasteiger charge is -2.04. The fourth-order valence-corrected chi connectivity index (χ4v) is 1.56.